The van der Waals surface area contributed by atoms with E-state index in [2.05, 4.69) is 63.3 Å². The molecule has 2 aliphatic heterocycles. The van der Waals surface area contributed by atoms with Crippen molar-refractivity contribution in [2.45, 2.75) is 18.9 Å². The SMILES string of the molecule is COC(=O)C1C(Cl)=NC(C)=C(C(=O)OCCN2CCN(C(c3ccccc3)c3ccccc3)CC2)C1c1cccc([N+](=O)[O-])c1. The molecule has 5 rings (SSSR count). The number of esters is 2. The maximum absolute atomic E-state index is 13.6. The number of allylic oxidation sites excluding steroid dienone is 1. The largest absolute Gasteiger partial charge is 0.468 e. The van der Waals surface area contributed by atoms with Gasteiger partial charge in [-0.25, -0.2) is 9.79 Å². The van der Waals surface area contributed by atoms with Crippen LogP contribution in [0, 0.1) is 16.0 Å². The molecule has 0 bridgehead atoms. The summed E-state index contributed by atoms with van der Waals surface area (Å²) in [5.41, 5.74) is 3.07. The third-order valence-corrected chi connectivity index (χ3v) is 8.64. The highest BCUT2D eigenvalue weighted by Crippen LogP contribution is 2.41. The van der Waals surface area contributed by atoms with Crippen LogP contribution >= 0.6 is 11.6 Å². The van der Waals surface area contributed by atoms with Gasteiger partial charge in [-0.1, -0.05) is 84.4 Å². The molecule has 3 aromatic rings. The molecule has 0 spiro atoms. The number of ether oxygens (including phenoxy) is 2. The molecule has 2 atom stereocenters. The number of rotatable bonds is 10. The molecule has 0 radical (unpaired) electrons. The molecule has 2 heterocycles. The monoisotopic (exact) mass is 630 g/mol. The highest BCUT2D eigenvalue weighted by Gasteiger charge is 2.43. The van der Waals surface area contributed by atoms with E-state index in [4.69, 9.17) is 21.1 Å². The lowest BCUT2D eigenvalue weighted by Gasteiger charge is -2.39. The Balaban J connectivity index is 1.26. The average molecular weight is 631 g/mol. The van der Waals surface area contributed by atoms with Crippen LogP contribution in [0.15, 0.2) is 101 Å². The van der Waals surface area contributed by atoms with Gasteiger partial charge in [0, 0.05) is 56.5 Å². The summed E-state index contributed by atoms with van der Waals surface area (Å²) in [7, 11) is 1.21. The summed E-state index contributed by atoms with van der Waals surface area (Å²) in [4.78, 5) is 46.3. The maximum atomic E-state index is 13.6. The summed E-state index contributed by atoms with van der Waals surface area (Å²) in [5, 5.41) is 11.4. The lowest BCUT2D eigenvalue weighted by molar-refractivity contribution is -0.384. The molecule has 2 unspecified atom stereocenters. The summed E-state index contributed by atoms with van der Waals surface area (Å²) < 4.78 is 10.7. The minimum Gasteiger partial charge on any atom is -0.468 e. The molecule has 0 amide bonds. The molecular formula is C34H35ClN4O6. The first kappa shape index (κ1) is 32.0. The lowest BCUT2D eigenvalue weighted by atomic mass is 9.78. The van der Waals surface area contributed by atoms with Crippen LogP contribution in [0.1, 0.15) is 35.6 Å². The van der Waals surface area contributed by atoms with Gasteiger partial charge in [-0.2, -0.15) is 0 Å². The second kappa shape index (κ2) is 14.6. The number of benzene rings is 3. The van der Waals surface area contributed by atoms with Gasteiger partial charge in [-0.3, -0.25) is 24.7 Å². The van der Waals surface area contributed by atoms with Crippen LogP contribution in [-0.2, 0) is 19.1 Å². The van der Waals surface area contributed by atoms with Crippen LogP contribution in [-0.4, -0.2) is 78.3 Å². The smallest absolute Gasteiger partial charge is 0.336 e. The van der Waals surface area contributed by atoms with Crippen molar-refractivity contribution in [1.82, 2.24) is 9.80 Å². The molecule has 1 fully saturated rings. The van der Waals surface area contributed by atoms with E-state index in [1.165, 1.54) is 36.4 Å². The van der Waals surface area contributed by atoms with E-state index in [9.17, 15) is 19.7 Å². The Morgan fingerprint density at radius 3 is 2.18 bits per heavy atom. The van der Waals surface area contributed by atoms with Gasteiger partial charge in [0.05, 0.1) is 23.6 Å². The Hall–Kier alpha value is -4.38. The number of carbonyl (C=O) groups is 2. The number of nitrogens with zero attached hydrogens (tertiary/aromatic N) is 4. The molecule has 0 aliphatic carbocycles. The fraction of sp³-hybridized carbons (Fsp3) is 0.324. The Labute approximate surface area is 267 Å². The van der Waals surface area contributed by atoms with E-state index in [0.717, 1.165) is 26.2 Å². The number of nitro benzene ring substituents is 1. The highest BCUT2D eigenvalue weighted by atomic mass is 35.5. The highest BCUT2D eigenvalue weighted by molar-refractivity contribution is 6.67. The van der Waals surface area contributed by atoms with Crippen LogP contribution in [0.2, 0.25) is 0 Å². The van der Waals surface area contributed by atoms with Crippen molar-refractivity contribution in [2.75, 3.05) is 46.4 Å². The molecule has 45 heavy (non-hydrogen) atoms. The molecule has 234 valence electrons. The van der Waals surface area contributed by atoms with Crippen molar-refractivity contribution in [1.29, 1.82) is 0 Å². The number of halogens is 1. The zero-order valence-corrected chi connectivity index (χ0v) is 25.9. The Kier molecular flexibility index (Phi) is 10.4. The normalized spacial score (nSPS) is 19.2. The molecule has 3 aromatic carbocycles. The molecular weight excluding hydrogens is 596 g/mol. The van der Waals surface area contributed by atoms with Crippen molar-refractivity contribution >= 4 is 34.4 Å². The van der Waals surface area contributed by atoms with Crippen molar-refractivity contribution in [3.05, 3.63) is 123 Å². The molecule has 0 N–H and O–H groups in total. The van der Waals surface area contributed by atoms with Gasteiger partial charge in [-0.05, 0) is 23.6 Å². The zero-order chi connectivity index (χ0) is 31.9. The first-order chi connectivity index (χ1) is 21.8. The number of methoxy groups -OCH3 is 1. The van der Waals surface area contributed by atoms with E-state index >= 15 is 0 Å². The Bertz CT molecular complexity index is 1550. The van der Waals surface area contributed by atoms with Gasteiger partial charge in [0.25, 0.3) is 5.69 Å². The number of carbonyl (C=O) groups excluding carboxylic acids is 2. The minimum atomic E-state index is -1.15. The van der Waals surface area contributed by atoms with E-state index in [1.54, 1.807) is 13.0 Å². The van der Waals surface area contributed by atoms with Crippen LogP contribution in [0.25, 0.3) is 0 Å². The van der Waals surface area contributed by atoms with E-state index in [1.807, 2.05) is 12.1 Å². The van der Waals surface area contributed by atoms with Gasteiger partial charge in [-0.15, -0.1) is 0 Å². The first-order valence-corrected chi connectivity index (χ1v) is 15.2. The van der Waals surface area contributed by atoms with Crippen LogP contribution in [0.5, 0.6) is 0 Å². The third-order valence-electron chi connectivity index (χ3n) is 8.32. The van der Waals surface area contributed by atoms with Gasteiger partial charge in [0.15, 0.2) is 0 Å². The number of aliphatic imine (C=N–C) groups is 1. The number of hydrogen-bond acceptors (Lipinski definition) is 9. The van der Waals surface area contributed by atoms with Gasteiger partial charge < -0.3 is 9.47 Å². The van der Waals surface area contributed by atoms with Crippen molar-refractivity contribution in [3.63, 3.8) is 0 Å². The second-order valence-electron chi connectivity index (χ2n) is 11.0. The van der Waals surface area contributed by atoms with E-state index < -0.39 is 28.7 Å². The molecule has 10 nitrogen and oxygen atoms in total. The summed E-state index contributed by atoms with van der Waals surface area (Å²) in [5.74, 6) is -3.48. The fourth-order valence-corrected chi connectivity index (χ4v) is 6.46. The third kappa shape index (κ3) is 7.30. The van der Waals surface area contributed by atoms with Crippen LogP contribution < -0.4 is 0 Å². The Morgan fingerprint density at radius 1 is 0.978 bits per heavy atom. The molecule has 1 saturated heterocycles. The summed E-state index contributed by atoms with van der Waals surface area (Å²) >= 11 is 6.40. The molecule has 0 aromatic heterocycles. The van der Waals surface area contributed by atoms with Gasteiger partial charge >= 0.3 is 11.9 Å². The summed E-state index contributed by atoms with van der Waals surface area (Å²) in [6, 6.07) is 26.9. The van der Waals surface area contributed by atoms with Gasteiger partial charge in [0.1, 0.15) is 17.7 Å². The van der Waals surface area contributed by atoms with Crippen molar-refractivity contribution in [2.24, 2.45) is 10.9 Å². The van der Waals surface area contributed by atoms with Gasteiger partial charge in [0.2, 0.25) is 0 Å². The molecule has 11 heteroatoms. The van der Waals surface area contributed by atoms with Crippen molar-refractivity contribution < 1.29 is 24.0 Å². The molecule has 0 saturated carbocycles. The van der Waals surface area contributed by atoms with E-state index in [0.29, 0.717) is 12.1 Å². The topological polar surface area (TPSA) is 115 Å². The van der Waals surface area contributed by atoms with Crippen LogP contribution in [0.4, 0.5) is 5.69 Å². The quantitative estimate of drug-likeness (QED) is 0.167. The average Bonchev–Trinajstić information content (AvgIpc) is 3.06. The summed E-state index contributed by atoms with van der Waals surface area (Å²) in [6.45, 7) is 5.54. The van der Waals surface area contributed by atoms with Crippen LogP contribution in [0.3, 0.4) is 0 Å². The standard InChI is InChI=1S/C34H35ClN4O6/c1-23-28(29(30(32(35)36-23)33(40)44-2)26-14-9-15-27(22-26)39(42)43)34(41)45-21-20-37-16-18-38(19-17-37)31(24-10-5-3-6-11-24)25-12-7-4-8-13-25/h3-15,22,29-31H,16-21H2,1-2H3. The maximum Gasteiger partial charge on any atom is 0.336 e. The first-order valence-electron chi connectivity index (χ1n) is 14.8. The number of non-ortho nitro benzene ring substituents is 1. The summed E-state index contributed by atoms with van der Waals surface area (Å²) in [6.07, 6.45) is 0. The number of hydrogen-bond donors (Lipinski definition) is 0. The zero-order valence-electron chi connectivity index (χ0n) is 25.2. The lowest BCUT2D eigenvalue weighted by Crippen LogP contribution is -2.48. The van der Waals surface area contributed by atoms with E-state index in [-0.39, 0.29) is 34.8 Å². The molecule has 2 aliphatic rings. The number of piperazine rings is 1. The van der Waals surface area contributed by atoms with Crippen molar-refractivity contribution in [3.8, 4) is 0 Å². The Morgan fingerprint density at radius 2 is 1.60 bits per heavy atom. The predicted octanol–water partition coefficient (Wildman–Crippen LogP) is 5.34. The predicted molar refractivity (Wildman–Crippen MR) is 171 cm³/mol. The number of nitro groups is 1. The second-order valence-corrected chi connectivity index (χ2v) is 11.4. The fourth-order valence-electron chi connectivity index (χ4n) is 6.12. The minimum absolute atomic E-state index is 0.0606.